The largest absolute Gasteiger partial charge is 0.396 e. The van der Waals surface area contributed by atoms with Crippen molar-refractivity contribution in [1.82, 2.24) is 14.8 Å². The van der Waals surface area contributed by atoms with E-state index in [1.807, 2.05) is 18.3 Å². The van der Waals surface area contributed by atoms with Gasteiger partial charge >= 0.3 is 0 Å². The van der Waals surface area contributed by atoms with Gasteiger partial charge in [0.15, 0.2) is 0 Å². The Kier molecular flexibility index (Phi) is 5.31. The quantitative estimate of drug-likeness (QED) is 0.863. The smallest absolute Gasteiger partial charge is 0.0543 e. The number of nitrogens with zero attached hydrogens (tertiary/aromatic N) is 3. The monoisotopic (exact) mass is 263 g/mol. The molecule has 1 aromatic rings. The molecule has 0 aliphatic carbocycles. The van der Waals surface area contributed by atoms with Crippen LogP contribution in [-0.4, -0.2) is 60.2 Å². The minimum Gasteiger partial charge on any atom is -0.396 e. The fourth-order valence-corrected chi connectivity index (χ4v) is 3.06. The summed E-state index contributed by atoms with van der Waals surface area (Å²) in [6.45, 7) is 4.36. The van der Waals surface area contributed by atoms with Crippen molar-refractivity contribution in [2.45, 2.75) is 13.0 Å². The molecule has 1 aliphatic rings. The van der Waals surface area contributed by atoms with Crippen molar-refractivity contribution in [2.24, 2.45) is 11.8 Å². The third kappa shape index (κ3) is 4.56. The number of hydrogen-bond donors (Lipinski definition) is 1. The van der Waals surface area contributed by atoms with E-state index in [1.54, 1.807) is 0 Å². The van der Waals surface area contributed by atoms with Gasteiger partial charge in [0.1, 0.15) is 0 Å². The van der Waals surface area contributed by atoms with E-state index in [9.17, 15) is 5.11 Å². The summed E-state index contributed by atoms with van der Waals surface area (Å²) in [6.07, 6.45) is 2.98. The molecule has 1 N–H and O–H groups in total. The van der Waals surface area contributed by atoms with Crippen molar-refractivity contribution in [2.75, 3.05) is 40.3 Å². The van der Waals surface area contributed by atoms with Gasteiger partial charge in [0.05, 0.1) is 5.69 Å². The van der Waals surface area contributed by atoms with Gasteiger partial charge in [-0.2, -0.15) is 0 Å². The van der Waals surface area contributed by atoms with Crippen LogP contribution in [0.25, 0.3) is 0 Å². The van der Waals surface area contributed by atoms with Crippen LogP contribution < -0.4 is 0 Å². The van der Waals surface area contributed by atoms with Crippen LogP contribution in [0.3, 0.4) is 0 Å². The van der Waals surface area contributed by atoms with Crippen molar-refractivity contribution >= 4 is 0 Å². The molecule has 0 spiro atoms. The van der Waals surface area contributed by atoms with Gasteiger partial charge in [-0.15, -0.1) is 0 Å². The zero-order chi connectivity index (χ0) is 13.7. The highest BCUT2D eigenvalue weighted by Crippen LogP contribution is 2.23. The van der Waals surface area contributed by atoms with Gasteiger partial charge in [0.2, 0.25) is 0 Å². The molecular formula is C15H25N3O. The Balaban J connectivity index is 1.95. The SMILES string of the molecule is CN(C)C[C@H]1C[C@H](CO)CN(Cc2ccccn2)C1. The highest BCUT2D eigenvalue weighted by molar-refractivity contribution is 5.03. The first-order chi connectivity index (χ1) is 9.17. The van der Waals surface area contributed by atoms with Crippen LogP contribution in [0.15, 0.2) is 24.4 Å². The maximum atomic E-state index is 9.47. The summed E-state index contributed by atoms with van der Waals surface area (Å²) in [7, 11) is 4.23. The van der Waals surface area contributed by atoms with E-state index in [2.05, 4.69) is 34.9 Å². The topological polar surface area (TPSA) is 39.6 Å². The molecule has 19 heavy (non-hydrogen) atoms. The molecule has 4 heteroatoms. The predicted octanol–water partition coefficient (Wildman–Crippen LogP) is 1.07. The Bertz CT molecular complexity index is 369. The normalized spacial score (nSPS) is 24.8. The average molecular weight is 263 g/mol. The van der Waals surface area contributed by atoms with E-state index in [0.29, 0.717) is 18.4 Å². The van der Waals surface area contributed by atoms with Gasteiger partial charge in [-0.05, 0) is 44.5 Å². The first kappa shape index (κ1) is 14.4. The number of hydrogen-bond acceptors (Lipinski definition) is 4. The molecule has 106 valence electrons. The summed E-state index contributed by atoms with van der Waals surface area (Å²) in [5.74, 6) is 1.05. The van der Waals surface area contributed by atoms with Crippen molar-refractivity contribution in [1.29, 1.82) is 0 Å². The van der Waals surface area contributed by atoms with Crippen molar-refractivity contribution < 1.29 is 5.11 Å². The Hall–Kier alpha value is -0.970. The van der Waals surface area contributed by atoms with Crippen LogP contribution in [0.2, 0.25) is 0 Å². The molecule has 1 aliphatic heterocycles. The number of pyridine rings is 1. The summed E-state index contributed by atoms with van der Waals surface area (Å²) in [4.78, 5) is 9.07. The molecule has 2 heterocycles. The maximum absolute atomic E-state index is 9.47. The summed E-state index contributed by atoms with van der Waals surface area (Å²) >= 11 is 0. The van der Waals surface area contributed by atoms with Crippen LogP contribution in [0.4, 0.5) is 0 Å². The highest BCUT2D eigenvalue weighted by atomic mass is 16.3. The standard InChI is InChI=1S/C15H25N3O/c1-17(2)8-13-7-14(12-19)10-18(9-13)11-15-5-3-4-6-16-15/h3-6,13-14,19H,7-12H2,1-2H3/t13-,14+/m1/s1. The molecule has 0 saturated carbocycles. The van der Waals surface area contributed by atoms with E-state index in [1.165, 1.54) is 0 Å². The van der Waals surface area contributed by atoms with Gasteiger partial charge in [-0.1, -0.05) is 6.07 Å². The number of aliphatic hydroxyl groups is 1. The minimum absolute atomic E-state index is 0.294. The number of likely N-dealkylation sites (tertiary alicyclic amines) is 1. The first-order valence-corrected chi connectivity index (χ1v) is 7.05. The molecule has 0 radical (unpaired) electrons. The molecule has 1 fully saturated rings. The van der Waals surface area contributed by atoms with Gasteiger partial charge in [-0.3, -0.25) is 9.88 Å². The zero-order valence-corrected chi connectivity index (χ0v) is 12.0. The molecule has 2 rings (SSSR count). The summed E-state index contributed by atoms with van der Waals surface area (Å²) < 4.78 is 0. The lowest BCUT2D eigenvalue weighted by molar-refractivity contribution is 0.0685. The Morgan fingerprint density at radius 1 is 1.32 bits per heavy atom. The summed E-state index contributed by atoms with van der Waals surface area (Å²) in [5.41, 5.74) is 1.12. The Labute approximate surface area is 116 Å². The molecular weight excluding hydrogens is 238 g/mol. The molecule has 0 amide bonds. The molecule has 1 aromatic heterocycles. The lowest BCUT2D eigenvalue weighted by Gasteiger charge is -2.38. The van der Waals surface area contributed by atoms with Gasteiger partial charge in [0.25, 0.3) is 0 Å². The maximum Gasteiger partial charge on any atom is 0.0543 e. The average Bonchev–Trinajstić information content (AvgIpc) is 2.38. The number of aromatic nitrogens is 1. The molecule has 4 nitrogen and oxygen atoms in total. The third-order valence-electron chi connectivity index (χ3n) is 3.69. The van der Waals surface area contributed by atoms with Crippen LogP contribution in [0, 0.1) is 11.8 Å². The van der Waals surface area contributed by atoms with E-state index >= 15 is 0 Å². The predicted molar refractivity (Wildman–Crippen MR) is 76.8 cm³/mol. The van der Waals surface area contributed by atoms with Crippen LogP contribution in [0.5, 0.6) is 0 Å². The second-order valence-corrected chi connectivity index (χ2v) is 5.93. The lowest BCUT2D eigenvalue weighted by atomic mass is 9.89. The fraction of sp³-hybridized carbons (Fsp3) is 0.667. The Morgan fingerprint density at radius 2 is 2.11 bits per heavy atom. The van der Waals surface area contributed by atoms with Crippen molar-refractivity contribution in [3.05, 3.63) is 30.1 Å². The van der Waals surface area contributed by atoms with Crippen LogP contribution in [-0.2, 0) is 6.54 Å². The lowest BCUT2D eigenvalue weighted by Crippen LogP contribution is -2.44. The second kappa shape index (κ2) is 6.98. The van der Waals surface area contributed by atoms with E-state index in [-0.39, 0.29) is 0 Å². The van der Waals surface area contributed by atoms with E-state index in [0.717, 1.165) is 38.3 Å². The van der Waals surface area contributed by atoms with E-state index in [4.69, 9.17) is 0 Å². The number of aliphatic hydroxyl groups excluding tert-OH is 1. The van der Waals surface area contributed by atoms with Gasteiger partial charge in [0, 0.05) is 39.0 Å². The van der Waals surface area contributed by atoms with Crippen LogP contribution in [0.1, 0.15) is 12.1 Å². The third-order valence-corrected chi connectivity index (χ3v) is 3.69. The number of rotatable bonds is 5. The highest BCUT2D eigenvalue weighted by Gasteiger charge is 2.27. The molecule has 0 unspecified atom stereocenters. The molecule has 2 atom stereocenters. The number of piperidine rings is 1. The summed E-state index contributed by atoms with van der Waals surface area (Å²) in [5, 5.41) is 9.47. The second-order valence-electron chi connectivity index (χ2n) is 5.93. The van der Waals surface area contributed by atoms with Gasteiger partial charge in [-0.25, -0.2) is 0 Å². The van der Waals surface area contributed by atoms with Crippen molar-refractivity contribution in [3.63, 3.8) is 0 Å². The molecule has 1 saturated heterocycles. The van der Waals surface area contributed by atoms with Crippen molar-refractivity contribution in [3.8, 4) is 0 Å². The van der Waals surface area contributed by atoms with Gasteiger partial charge < -0.3 is 10.0 Å². The molecule has 0 aromatic carbocycles. The summed E-state index contributed by atoms with van der Waals surface area (Å²) in [6, 6.07) is 6.06. The molecule has 0 bridgehead atoms. The Morgan fingerprint density at radius 3 is 2.74 bits per heavy atom. The van der Waals surface area contributed by atoms with Crippen LogP contribution >= 0.6 is 0 Å². The minimum atomic E-state index is 0.294. The first-order valence-electron chi connectivity index (χ1n) is 7.05. The zero-order valence-electron chi connectivity index (χ0n) is 12.0. The van der Waals surface area contributed by atoms with E-state index < -0.39 is 0 Å². The fourth-order valence-electron chi connectivity index (χ4n) is 3.06.